The monoisotopic (exact) mass is 543 g/mol. The lowest BCUT2D eigenvalue weighted by Gasteiger charge is -2.37. The number of carbonyl (C=O) groups excluding carboxylic acids is 1. The number of aliphatic hydroxyl groups excluding tert-OH is 1. The van der Waals surface area contributed by atoms with Crippen molar-refractivity contribution >= 4 is 5.91 Å². The topological polar surface area (TPSA) is 105 Å². The van der Waals surface area contributed by atoms with Gasteiger partial charge in [0.1, 0.15) is 11.5 Å². The van der Waals surface area contributed by atoms with Crippen molar-refractivity contribution in [3.8, 4) is 17.5 Å². The standard InChI is InChI=1S/C31H34FN5O3/c1-40-30(39)37-14-11-26-27(19-37)35-28(34-26)25-17-22(7-10-24(25)21-3-2-4-21)29(38)36-15-12-31(32,13-16-36)23-8-5-20(18-33)6-9-23/h5-10,17,21,30,39H,2-4,11-16,19H2,1H3,(H,34,35). The zero-order valence-corrected chi connectivity index (χ0v) is 22.7. The van der Waals surface area contributed by atoms with Crippen LogP contribution in [0.25, 0.3) is 11.4 Å². The molecule has 1 unspecified atom stereocenters. The molecule has 0 bridgehead atoms. The highest BCUT2D eigenvalue weighted by Gasteiger charge is 2.38. The molecule has 0 radical (unpaired) electrons. The van der Waals surface area contributed by atoms with Gasteiger partial charge in [-0.3, -0.25) is 4.79 Å². The van der Waals surface area contributed by atoms with Crippen molar-refractivity contribution in [2.45, 2.75) is 63.1 Å². The van der Waals surface area contributed by atoms with Crippen molar-refractivity contribution in [1.29, 1.82) is 5.26 Å². The highest BCUT2D eigenvalue weighted by molar-refractivity contribution is 5.95. The third-order valence-electron chi connectivity index (χ3n) is 8.86. The van der Waals surface area contributed by atoms with Gasteiger partial charge in [-0.1, -0.05) is 24.6 Å². The summed E-state index contributed by atoms with van der Waals surface area (Å²) in [6, 6.07) is 14.6. The van der Waals surface area contributed by atoms with Crippen LogP contribution in [-0.2, 0) is 23.4 Å². The first kappa shape index (κ1) is 26.6. The lowest BCUT2D eigenvalue weighted by atomic mass is 9.77. The zero-order chi connectivity index (χ0) is 27.9. The summed E-state index contributed by atoms with van der Waals surface area (Å²) in [5, 5.41) is 19.2. The number of nitriles is 1. The van der Waals surface area contributed by atoms with Gasteiger partial charge in [-0.25, -0.2) is 14.3 Å². The van der Waals surface area contributed by atoms with E-state index in [1.807, 2.05) is 17.0 Å². The van der Waals surface area contributed by atoms with Gasteiger partial charge in [-0.05, 0) is 54.2 Å². The summed E-state index contributed by atoms with van der Waals surface area (Å²) in [5.74, 6) is 1.09. The second-order valence-electron chi connectivity index (χ2n) is 11.2. The predicted molar refractivity (Wildman–Crippen MR) is 147 cm³/mol. The number of H-pyrrole nitrogens is 1. The number of rotatable bonds is 6. The third kappa shape index (κ3) is 4.92. The molecule has 2 N–H and O–H groups in total. The largest absolute Gasteiger partial charge is 0.356 e. The van der Waals surface area contributed by atoms with E-state index in [1.54, 1.807) is 29.2 Å². The Hall–Kier alpha value is -3.58. The van der Waals surface area contributed by atoms with E-state index >= 15 is 4.39 Å². The Morgan fingerprint density at radius 1 is 1.20 bits per heavy atom. The lowest BCUT2D eigenvalue weighted by Crippen LogP contribution is -2.43. The van der Waals surface area contributed by atoms with Gasteiger partial charge in [0.25, 0.3) is 5.91 Å². The quantitative estimate of drug-likeness (QED) is 0.441. The second-order valence-corrected chi connectivity index (χ2v) is 11.2. The molecule has 9 heteroatoms. The van der Waals surface area contributed by atoms with Crippen LogP contribution in [0, 0.1) is 11.3 Å². The van der Waals surface area contributed by atoms with Crippen molar-refractivity contribution in [2.75, 3.05) is 26.7 Å². The van der Waals surface area contributed by atoms with Crippen LogP contribution in [0.1, 0.15) is 76.5 Å². The number of nitrogens with zero attached hydrogens (tertiary/aromatic N) is 4. The molecule has 1 atom stereocenters. The third-order valence-corrected chi connectivity index (χ3v) is 8.86. The van der Waals surface area contributed by atoms with Gasteiger partial charge in [0.2, 0.25) is 6.41 Å². The number of alkyl halides is 1. The van der Waals surface area contributed by atoms with Gasteiger partial charge < -0.3 is 19.7 Å². The van der Waals surface area contributed by atoms with E-state index in [4.69, 9.17) is 15.0 Å². The van der Waals surface area contributed by atoms with Crippen LogP contribution >= 0.6 is 0 Å². The molecular formula is C31H34FN5O3. The number of amides is 1. The number of ether oxygens (including phenoxy) is 1. The first-order chi connectivity index (χ1) is 19.4. The Morgan fingerprint density at radius 3 is 2.60 bits per heavy atom. The van der Waals surface area contributed by atoms with Crippen LogP contribution in [0.2, 0.25) is 0 Å². The molecule has 1 aliphatic carbocycles. The van der Waals surface area contributed by atoms with E-state index in [2.05, 4.69) is 17.1 Å². The minimum Gasteiger partial charge on any atom is -0.356 e. The van der Waals surface area contributed by atoms with E-state index in [9.17, 15) is 9.90 Å². The number of halogens is 1. The van der Waals surface area contributed by atoms with Crippen LogP contribution < -0.4 is 0 Å². The number of hydrogen-bond donors (Lipinski definition) is 2. The molecule has 208 valence electrons. The molecule has 0 spiro atoms. The van der Waals surface area contributed by atoms with Crippen LogP contribution in [0.15, 0.2) is 42.5 Å². The summed E-state index contributed by atoms with van der Waals surface area (Å²) in [7, 11) is 1.48. The van der Waals surface area contributed by atoms with Crippen molar-refractivity contribution in [3.63, 3.8) is 0 Å². The Bertz CT molecular complexity index is 1430. The van der Waals surface area contributed by atoms with Crippen LogP contribution in [-0.4, -0.2) is 63.9 Å². The number of aliphatic hydroxyl groups is 1. The Labute approximate surface area is 233 Å². The minimum atomic E-state index is -1.51. The number of carbonyl (C=O) groups is 1. The number of fused-ring (bicyclic) bond motifs is 1. The number of imidazole rings is 1. The Balaban J connectivity index is 1.23. The second kappa shape index (κ2) is 10.8. The molecule has 6 rings (SSSR count). The first-order valence-electron chi connectivity index (χ1n) is 14.0. The highest BCUT2D eigenvalue weighted by atomic mass is 19.1. The normalized spacial score (nSPS) is 19.9. The number of benzene rings is 2. The number of piperidine rings is 1. The maximum absolute atomic E-state index is 15.8. The SMILES string of the molecule is COC(O)N1CCc2nc(-c3cc(C(=O)N4CCC(F)(c5ccc(C#N)cc5)CC4)ccc3C3CCC3)[nH]c2C1. The summed E-state index contributed by atoms with van der Waals surface area (Å²) < 4.78 is 20.9. The molecule has 3 heterocycles. The average molecular weight is 544 g/mol. The number of nitrogens with one attached hydrogen (secondary N) is 1. The van der Waals surface area contributed by atoms with E-state index in [1.165, 1.54) is 19.1 Å². The van der Waals surface area contributed by atoms with E-state index in [0.29, 0.717) is 55.2 Å². The number of aromatic amines is 1. The van der Waals surface area contributed by atoms with Gasteiger partial charge in [-0.2, -0.15) is 5.26 Å². The van der Waals surface area contributed by atoms with Crippen molar-refractivity contribution < 1.29 is 19.0 Å². The molecule has 1 saturated heterocycles. The molecule has 1 aromatic heterocycles. The van der Waals surface area contributed by atoms with Crippen LogP contribution in [0.5, 0.6) is 0 Å². The van der Waals surface area contributed by atoms with Gasteiger partial charge >= 0.3 is 0 Å². The van der Waals surface area contributed by atoms with Crippen LogP contribution in [0.4, 0.5) is 4.39 Å². The summed E-state index contributed by atoms with van der Waals surface area (Å²) in [4.78, 5) is 25.6. The summed E-state index contributed by atoms with van der Waals surface area (Å²) >= 11 is 0. The number of methoxy groups -OCH3 is 1. The molecule has 1 amide bonds. The van der Waals surface area contributed by atoms with E-state index in [-0.39, 0.29) is 18.7 Å². The van der Waals surface area contributed by atoms with Gasteiger partial charge in [0.05, 0.1) is 23.0 Å². The van der Waals surface area contributed by atoms with Gasteiger partial charge in [0, 0.05) is 63.7 Å². The fourth-order valence-electron chi connectivity index (χ4n) is 6.13. The molecule has 2 aromatic carbocycles. The Morgan fingerprint density at radius 2 is 1.95 bits per heavy atom. The molecule has 3 aromatic rings. The summed E-state index contributed by atoms with van der Waals surface area (Å²) in [6.45, 7) is 1.80. The molecule has 40 heavy (non-hydrogen) atoms. The lowest BCUT2D eigenvalue weighted by molar-refractivity contribution is -0.182. The molecule has 2 aliphatic heterocycles. The molecule has 8 nitrogen and oxygen atoms in total. The smallest absolute Gasteiger partial charge is 0.253 e. The number of aromatic nitrogens is 2. The van der Waals surface area contributed by atoms with Crippen molar-refractivity contribution in [2.24, 2.45) is 0 Å². The van der Waals surface area contributed by atoms with E-state index in [0.717, 1.165) is 35.6 Å². The summed E-state index contributed by atoms with van der Waals surface area (Å²) in [6.07, 6.45) is 3.60. The molecular weight excluding hydrogens is 509 g/mol. The van der Waals surface area contributed by atoms with E-state index < -0.39 is 12.1 Å². The average Bonchev–Trinajstić information content (AvgIpc) is 3.39. The zero-order valence-electron chi connectivity index (χ0n) is 22.7. The highest BCUT2D eigenvalue weighted by Crippen LogP contribution is 2.42. The molecule has 2 fully saturated rings. The Kier molecular flexibility index (Phi) is 7.17. The molecule has 1 saturated carbocycles. The summed E-state index contributed by atoms with van der Waals surface area (Å²) in [5.41, 5.74) is 4.20. The van der Waals surface area contributed by atoms with Crippen molar-refractivity contribution in [1.82, 2.24) is 19.8 Å². The van der Waals surface area contributed by atoms with Gasteiger partial charge in [0.15, 0.2) is 0 Å². The maximum Gasteiger partial charge on any atom is 0.253 e. The number of hydrogen-bond acceptors (Lipinski definition) is 6. The van der Waals surface area contributed by atoms with Crippen molar-refractivity contribution in [3.05, 3.63) is 76.1 Å². The fourth-order valence-corrected chi connectivity index (χ4v) is 6.13. The minimum absolute atomic E-state index is 0.103. The first-order valence-corrected chi connectivity index (χ1v) is 14.0. The molecule has 3 aliphatic rings. The fraction of sp³-hybridized carbons (Fsp3) is 0.452. The maximum atomic E-state index is 15.8. The number of likely N-dealkylation sites (tertiary alicyclic amines) is 1. The van der Waals surface area contributed by atoms with Crippen LogP contribution in [0.3, 0.4) is 0 Å². The predicted octanol–water partition coefficient (Wildman–Crippen LogP) is 4.60. The van der Waals surface area contributed by atoms with Gasteiger partial charge in [-0.15, -0.1) is 0 Å².